The second-order valence-corrected chi connectivity index (χ2v) is 8.00. The van der Waals surface area contributed by atoms with Crippen LogP contribution in [0.5, 0.6) is 0 Å². The predicted molar refractivity (Wildman–Crippen MR) is 120 cm³/mol. The molecule has 2 amide bonds. The Morgan fingerprint density at radius 2 is 1.83 bits per heavy atom. The number of rotatable bonds is 8. The van der Waals surface area contributed by atoms with Crippen LogP contribution in [0.3, 0.4) is 0 Å². The molecular weight excluding hydrogens is 427 g/mol. The number of hydrogen-bond acceptors (Lipinski definition) is 3. The van der Waals surface area contributed by atoms with Gasteiger partial charge in [-0.15, -0.1) is 22.9 Å². The Kier molecular flexibility index (Phi) is 7.69. The summed E-state index contributed by atoms with van der Waals surface area (Å²) >= 11 is 13.4. The van der Waals surface area contributed by atoms with Gasteiger partial charge in [-0.1, -0.05) is 54.1 Å². The van der Waals surface area contributed by atoms with Crippen LogP contribution in [0.1, 0.15) is 16.5 Å². The number of thiophene rings is 1. The van der Waals surface area contributed by atoms with Crippen LogP contribution < -0.4 is 10.2 Å². The van der Waals surface area contributed by atoms with Gasteiger partial charge in [0.15, 0.2) is 0 Å². The molecule has 1 N–H and O–H groups in total. The van der Waals surface area contributed by atoms with Crippen molar-refractivity contribution >= 4 is 52.0 Å². The van der Waals surface area contributed by atoms with Crippen LogP contribution in [0.4, 0.5) is 5.69 Å². The van der Waals surface area contributed by atoms with Crippen molar-refractivity contribution in [3.8, 4) is 0 Å². The lowest BCUT2D eigenvalue weighted by Gasteiger charge is -2.30. The summed E-state index contributed by atoms with van der Waals surface area (Å²) in [5, 5.41) is 5.31. The zero-order chi connectivity index (χ0) is 20.6. The molecule has 7 heteroatoms. The van der Waals surface area contributed by atoms with Gasteiger partial charge in [0.2, 0.25) is 11.8 Å². The summed E-state index contributed by atoms with van der Waals surface area (Å²) in [6, 6.07) is 19.6. The van der Waals surface area contributed by atoms with Crippen LogP contribution in [0.15, 0.2) is 72.1 Å². The van der Waals surface area contributed by atoms with Gasteiger partial charge >= 0.3 is 0 Å². The van der Waals surface area contributed by atoms with E-state index >= 15 is 0 Å². The van der Waals surface area contributed by atoms with Crippen LogP contribution in [-0.4, -0.2) is 24.2 Å². The van der Waals surface area contributed by atoms with Crippen molar-refractivity contribution in [1.82, 2.24) is 5.32 Å². The summed E-state index contributed by atoms with van der Waals surface area (Å²) in [6.07, 6.45) is 0.699. The fourth-order valence-electron chi connectivity index (χ4n) is 3.02. The Labute approximate surface area is 184 Å². The van der Waals surface area contributed by atoms with Gasteiger partial charge in [0, 0.05) is 22.1 Å². The Balaban J connectivity index is 1.86. The van der Waals surface area contributed by atoms with Crippen LogP contribution in [0.2, 0.25) is 5.02 Å². The summed E-state index contributed by atoms with van der Waals surface area (Å²) in [5.41, 5.74) is 1.66. The maximum Gasteiger partial charge on any atom is 0.248 e. The van der Waals surface area contributed by atoms with E-state index in [1.807, 2.05) is 47.8 Å². The molecule has 1 aromatic heterocycles. The van der Waals surface area contributed by atoms with Gasteiger partial charge in [-0.3, -0.25) is 14.5 Å². The average Bonchev–Trinajstić information content (AvgIpc) is 3.26. The van der Waals surface area contributed by atoms with Gasteiger partial charge < -0.3 is 5.32 Å². The average molecular weight is 447 g/mol. The number of nitrogens with one attached hydrogen (secondary N) is 1. The quantitative estimate of drug-likeness (QED) is 0.490. The summed E-state index contributed by atoms with van der Waals surface area (Å²) < 4.78 is 0. The second kappa shape index (κ2) is 10.4. The van der Waals surface area contributed by atoms with Crippen molar-refractivity contribution in [3.05, 3.63) is 87.6 Å². The predicted octanol–water partition coefficient (Wildman–Crippen LogP) is 5.07. The number of halogens is 2. The zero-order valence-electron chi connectivity index (χ0n) is 15.6. The van der Waals surface area contributed by atoms with Crippen LogP contribution in [0.25, 0.3) is 0 Å². The highest BCUT2D eigenvalue weighted by atomic mass is 35.5. The molecule has 0 bridgehead atoms. The van der Waals surface area contributed by atoms with Crippen molar-refractivity contribution in [2.24, 2.45) is 0 Å². The fourth-order valence-corrected chi connectivity index (χ4v) is 4.15. The third kappa shape index (κ3) is 5.60. The molecule has 2 aromatic carbocycles. The molecule has 1 heterocycles. The van der Waals surface area contributed by atoms with Crippen molar-refractivity contribution in [2.45, 2.75) is 12.5 Å². The third-order valence-electron chi connectivity index (χ3n) is 4.34. The highest BCUT2D eigenvalue weighted by Crippen LogP contribution is 2.32. The molecule has 0 saturated heterocycles. The van der Waals surface area contributed by atoms with Gasteiger partial charge in [-0.2, -0.15) is 0 Å². The molecule has 0 spiro atoms. The molecule has 29 heavy (non-hydrogen) atoms. The number of alkyl halides is 1. The maximum absolute atomic E-state index is 13.2. The van der Waals surface area contributed by atoms with Gasteiger partial charge in [0.1, 0.15) is 11.9 Å². The molecule has 3 aromatic rings. The van der Waals surface area contributed by atoms with Gasteiger partial charge in [0.25, 0.3) is 0 Å². The van der Waals surface area contributed by atoms with Gasteiger partial charge in [-0.25, -0.2) is 0 Å². The minimum Gasteiger partial charge on any atom is -0.354 e. The van der Waals surface area contributed by atoms with Crippen LogP contribution in [-0.2, 0) is 16.0 Å². The van der Waals surface area contributed by atoms with E-state index in [2.05, 4.69) is 5.32 Å². The van der Waals surface area contributed by atoms with Gasteiger partial charge in [0.05, 0.1) is 0 Å². The lowest BCUT2D eigenvalue weighted by molar-refractivity contribution is -0.125. The van der Waals surface area contributed by atoms with E-state index < -0.39 is 6.04 Å². The maximum atomic E-state index is 13.2. The highest BCUT2D eigenvalue weighted by Gasteiger charge is 2.33. The summed E-state index contributed by atoms with van der Waals surface area (Å²) in [5.74, 6) is -0.876. The van der Waals surface area contributed by atoms with Crippen molar-refractivity contribution in [1.29, 1.82) is 0 Å². The largest absolute Gasteiger partial charge is 0.354 e. The normalized spacial score (nSPS) is 11.7. The molecule has 0 unspecified atom stereocenters. The van der Waals surface area contributed by atoms with Gasteiger partial charge in [-0.05, 0) is 41.6 Å². The minimum absolute atomic E-state index is 0.244. The number of carbonyl (C=O) groups is 2. The number of nitrogens with zero attached hydrogens (tertiary/aromatic N) is 1. The Morgan fingerprint density at radius 3 is 2.48 bits per heavy atom. The molecule has 4 nitrogen and oxygen atoms in total. The number of hydrogen-bond donors (Lipinski definition) is 1. The number of carbonyl (C=O) groups excluding carboxylic acids is 2. The highest BCUT2D eigenvalue weighted by molar-refractivity contribution is 7.10. The zero-order valence-corrected chi connectivity index (χ0v) is 17.9. The topological polar surface area (TPSA) is 49.4 Å². The third-order valence-corrected chi connectivity index (χ3v) is 5.73. The molecule has 0 aliphatic heterocycles. The molecule has 0 saturated carbocycles. The van der Waals surface area contributed by atoms with Crippen LogP contribution >= 0.6 is 34.5 Å². The first-order valence-electron chi connectivity index (χ1n) is 9.09. The second-order valence-electron chi connectivity index (χ2n) is 6.32. The molecule has 0 aliphatic rings. The lowest BCUT2D eigenvalue weighted by atomic mass is 10.1. The van der Waals surface area contributed by atoms with E-state index in [4.69, 9.17) is 23.2 Å². The smallest absolute Gasteiger partial charge is 0.248 e. The molecule has 0 fully saturated rings. The summed E-state index contributed by atoms with van der Waals surface area (Å²) in [6.45, 7) is 0.461. The summed E-state index contributed by atoms with van der Waals surface area (Å²) in [7, 11) is 0. The Bertz CT molecular complexity index is 948. The van der Waals surface area contributed by atoms with Crippen molar-refractivity contribution in [3.63, 3.8) is 0 Å². The number of anilines is 1. The van der Waals surface area contributed by atoms with Crippen molar-refractivity contribution in [2.75, 3.05) is 17.3 Å². The van der Waals surface area contributed by atoms with E-state index in [-0.39, 0.29) is 17.7 Å². The SMILES string of the molecule is O=C(NCCc1ccccc1)[C@@H](c1cccs1)N(C(=O)CCl)c1cccc(Cl)c1. The lowest BCUT2D eigenvalue weighted by Crippen LogP contribution is -2.44. The number of amides is 2. The molecule has 0 radical (unpaired) electrons. The Morgan fingerprint density at radius 1 is 1.03 bits per heavy atom. The van der Waals surface area contributed by atoms with E-state index in [0.29, 0.717) is 23.7 Å². The molecular formula is C22H20Cl2N2O2S. The summed E-state index contributed by atoms with van der Waals surface area (Å²) in [4.78, 5) is 28.1. The first-order valence-corrected chi connectivity index (χ1v) is 10.9. The van der Waals surface area contributed by atoms with Crippen molar-refractivity contribution < 1.29 is 9.59 Å². The van der Waals surface area contributed by atoms with E-state index in [0.717, 1.165) is 10.4 Å². The van der Waals surface area contributed by atoms with E-state index in [1.54, 1.807) is 24.3 Å². The fraction of sp³-hybridized carbons (Fsp3) is 0.182. The first kappa shape index (κ1) is 21.4. The Hall–Kier alpha value is -2.34. The molecule has 150 valence electrons. The van der Waals surface area contributed by atoms with E-state index in [1.165, 1.54) is 16.2 Å². The first-order chi connectivity index (χ1) is 14.1. The van der Waals surface area contributed by atoms with Crippen LogP contribution in [0, 0.1) is 0 Å². The minimum atomic E-state index is -0.824. The standard InChI is InChI=1S/C22H20Cl2N2O2S/c23-15-20(27)26(18-9-4-8-17(24)14-18)21(19-10-5-13-29-19)22(28)25-12-11-16-6-2-1-3-7-16/h1-10,13-14,21H,11-12,15H2,(H,25,28)/t21-/m1/s1. The molecule has 3 rings (SSSR count). The van der Waals surface area contributed by atoms with E-state index in [9.17, 15) is 9.59 Å². The monoisotopic (exact) mass is 446 g/mol. The molecule has 0 aliphatic carbocycles. The molecule has 1 atom stereocenters. The number of benzene rings is 2.